The highest BCUT2D eigenvalue weighted by Crippen LogP contribution is 2.45. The Labute approximate surface area is 305 Å². The predicted molar refractivity (Wildman–Crippen MR) is 181 cm³/mol. The summed E-state index contributed by atoms with van der Waals surface area (Å²) < 4.78 is 80.1. The molecular weight excluding hydrogens is 723 g/mol. The van der Waals surface area contributed by atoms with Crippen LogP contribution in [0.15, 0.2) is 30.9 Å². The molecule has 1 aromatic rings. The number of fused-ring (bicyclic) bond motifs is 3. The summed E-state index contributed by atoms with van der Waals surface area (Å²) in [5.41, 5.74) is 0.0771. The molecule has 0 unspecified atom stereocenters. The van der Waals surface area contributed by atoms with Gasteiger partial charge in [-0.05, 0) is 75.5 Å². The second-order valence-corrected chi connectivity index (χ2v) is 17.2. The Hall–Kier alpha value is -4.35. The van der Waals surface area contributed by atoms with Crippen molar-refractivity contribution in [3.63, 3.8) is 0 Å². The number of nitrogens with zero attached hydrogens (tertiary/aromatic N) is 2. The number of alkyl halides is 3. The van der Waals surface area contributed by atoms with Crippen LogP contribution in [-0.2, 0) is 53.4 Å². The molecule has 5 aliphatic rings. The number of sulfonamides is 1. The summed E-state index contributed by atoms with van der Waals surface area (Å²) >= 11 is 0. The van der Waals surface area contributed by atoms with E-state index in [9.17, 15) is 45.6 Å². The molecule has 3 fully saturated rings. The molecule has 2 saturated carbocycles. The van der Waals surface area contributed by atoms with E-state index in [1.165, 1.54) is 11.0 Å². The third-order valence-electron chi connectivity index (χ3n) is 10.6. The second kappa shape index (κ2) is 14.1. The van der Waals surface area contributed by atoms with Gasteiger partial charge in [-0.25, -0.2) is 18.0 Å². The highest BCUT2D eigenvalue weighted by atomic mass is 32.2. The smallest absolute Gasteiger partial charge is 0.410 e. The van der Waals surface area contributed by atoms with E-state index in [0.29, 0.717) is 38.5 Å². The minimum Gasteiger partial charge on any atom is -0.444 e. The molecule has 0 radical (unpaired) electrons. The lowest BCUT2D eigenvalue weighted by atomic mass is 9.95. The Balaban J connectivity index is 1.29. The first-order valence-electron chi connectivity index (χ1n) is 17.7. The highest BCUT2D eigenvalue weighted by Gasteiger charge is 2.62. The number of cyclic esters (lactones) is 1. The first-order valence-corrected chi connectivity index (χ1v) is 19.3. The van der Waals surface area contributed by atoms with Gasteiger partial charge in [0, 0.05) is 25.4 Å². The van der Waals surface area contributed by atoms with E-state index in [1.54, 1.807) is 13.8 Å². The number of carbonyl (C=O) groups excluding carboxylic acids is 5. The minimum atomic E-state index is -4.94. The Morgan fingerprint density at radius 1 is 1.11 bits per heavy atom. The molecule has 14 nitrogen and oxygen atoms in total. The molecule has 18 heteroatoms. The van der Waals surface area contributed by atoms with Crippen LogP contribution in [0.25, 0.3) is 0 Å². The van der Waals surface area contributed by atoms with Gasteiger partial charge in [-0.3, -0.25) is 24.0 Å². The Kier molecular flexibility index (Phi) is 10.2. The SMILES string of the molecule is C=C[C@@H]1C[C@]1(NC(=O)[C@@H]1C[C@@H]2CN1C(=O)[C@H](CC(F)(F)F)NC(=O)OC(C)(C)CCCCc1cccc3c1CN(C3)C(=O)O2)C(=O)NS(=O)(=O)C1CC1. The summed E-state index contributed by atoms with van der Waals surface area (Å²) in [5.74, 6) is -3.98. The van der Waals surface area contributed by atoms with Gasteiger partial charge in [0.05, 0.1) is 18.2 Å². The van der Waals surface area contributed by atoms with E-state index in [0.717, 1.165) is 21.6 Å². The van der Waals surface area contributed by atoms with Gasteiger partial charge >= 0.3 is 18.4 Å². The molecule has 5 amide bonds. The van der Waals surface area contributed by atoms with Crippen LogP contribution in [-0.4, -0.2) is 95.4 Å². The maximum Gasteiger partial charge on any atom is 0.410 e. The molecule has 3 heterocycles. The molecule has 6 rings (SSSR count). The fourth-order valence-electron chi connectivity index (χ4n) is 7.44. The minimum absolute atomic E-state index is 0.0231. The lowest BCUT2D eigenvalue weighted by molar-refractivity contribution is -0.156. The van der Waals surface area contributed by atoms with Crippen molar-refractivity contribution < 1.29 is 55.0 Å². The first kappa shape index (κ1) is 38.4. The maximum atomic E-state index is 14.0. The lowest BCUT2D eigenvalue weighted by Gasteiger charge is -2.31. The number of halogens is 3. The number of hydrogen-bond donors (Lipinski definition) is 3. The summed E-state index contributed by atoms with van der Waals surface area (Å²) in [4.78, 5) is 70.1. The second-order valence-electron chi connectivity index (χ2n) is 15.2. The number of hydrogen-bond acceptors (Lipinski definition) is 9. The normalized spacial score (nSPS) is 29.1. The van der Waals surface area contributed by atoms with Crippen LogP contribution in [0.4, 0.5) is 22.8 Å². The van der Waals surface area contributed by atoms with E-state index in [-0.39, 0.29) is 25.9 Å². The molecule has 3 aliphatic heterocycles. The monoisotopic (exact) mass is 767 g/mol. The molecule has 4 bridgehead atoms. The largest absolute Gasteiger partial charge is 0.444 e. The van der Waals surface area contributed by atoms with E-state index in [1.807, 2.05) is 28.2 Å². The van der Waals surface area contributed by atoms with Crippen LogP contribution >= 0.6 is 0 Å². The topological polar surface area (TPSA) is 181 Å². The molecule has 0 spiro atoms. The van der Waals surface area contributed by atoms with Gasteiger partial charge in [-0.15, -0.1) is 6.58 Å². The third kappa shape index (κ3) is 8.57. The average molecular weight is 768 g/mol. The van der Waals surface area contributed by atoms with Gasteiger partial charge in [0.1, 0.15) is 29.3 Å². The molecule has 2 aliphatic carbocycles. The molecule has 0 aromatic heterocycles. The summed E-state index contributed by atoms with van der Waals surface area (Å²) in [6.45, 7) is 6.85. The van der Waals surface area contributed by atoms with Crippen LogP contribution in [0.3, 0.4) is 0 Å². The van der Waals surface area contributed by atoms with Crippen molar-refractivity contribution >= 4 is 39.9 Å². The molecular formula is C35H44F3N5O9S. The molecule has 53 heavy (non-hydrogen) atoms. The summed E-state index contributed by atoms with van der Waals surface area (Å²) in [6.07, 6.45) is -5.86. The van der Waals surface area contributed by atoms with E-state index in [2.05, 4.69) is 11.9 Å². The van der Waals surface area contributed by atoms with Gasteiger partial charge in [0.25, 0.3) is 5.91 Å². The quantitative estimate of drug-likeness (QED) is 0.351. The zero-order chi connectivity index (χ0) is 38.5. The number of nitrogens with one attached hydrogen (secondary N) is 3. The molecule has 1 aromatic carbocycles. The Morgan fingerprint density at radius 3 is 2.49 bits per heavy atom. The zero-order valence-corrected chi connectivity index (χ0v) is 30.3. The van der Waals surface area contributed by atoms with E-state index < -0.39 is 99.6 Å². The van der Waals surface area contributed by atoms with Gasteiger partial charge in [-0.1, -0.05) is 24.3 Å². The predicted octanol–water partition coefficient (Wildman–Crippen LogP) is 3.33. The van der Waals surface area contributed by atoms with Crippen LogP contribution in [0, 0.1) is 5.92 Å². The summed E-state index contributed by atoms with van der Waals surface area (Å²) in [6, 6.07) is 1.98. The zero-order valence-electron chi connectivity index (χ0n) is 29.5. The highest BCUT2D eigenvalue weighted by molar-refractivity contribution is 7.91. The third-order valence-corrected chi connectivity index (χ3v) is 12.4. The number of rotatable bonds is 7. The molecule has 290 valence electrons. The standard InChI is InChI=1S/C35H44F3N5O9S/c1-4-22-15-34(22,30(46)41-53(49,50)24-11-12-24)40-28(44)27-14-23-18-43(27)29(45)26(16-35(36,37)38)39-31(47)52-33(2,3)13-6-5-8-20-9-7-10-21-17-42(19-25(20)21)32(48)51-23/h4,7,9-10,22-24,26-27H,1,5-6,8,11-19H2,2-3H3,(H,39,47)(H,40,44)(H,41,46)/t22-,23-,26+,27+,34-/m1/s1. The van der Waals surface area contributed by atoms with E-state index >= 15 is 0 Å². The number of benzene rings is 1. The number of aryl methyl sites for hydroxylation is 1. The first-order chi connectivity index (χ1) is 24.8. The van der Waals surface area contributed by atoms with Gasteiger partial charge < -0.3 is 25.0 Å². The molecule has 5 atom stereocenters. The van der Waals surface area contributed by atoms with Crippen LogP contribution in [0.2, 0.25) is 0 Å². The van der Waals surface area contributed by atoms with Crippen molar-refractivity contribution in [2.24, 2.45) is 5.92 Å². The van der Waals surface area contributed by atoms with E-state index in [4.69, 9.17) is 9.47 Å². The van der Waals surface area contributed by atoms with Crippen LogP contribution in [0.5, 0.6) is 0 Å². The van der Waals surface area contributed by atoms with Crippen molar-refractivity contribution in [2.45, 2.75) is 125 Å². The summed E-state index contributed by atoms with van der Waals surface area (Å²) in [5, 5.41) is 3.84. The number of amides is 5. The molecule has 1 saturated heterocycles. The fourth-order valence-corrected chi connectivity index (χ4v) is 8.80. The van der Waals surface area contributed by atoms with Crippen LogP contribution < -0.4 is 15.4 Å². The number of alkyl carbamates (subject to hydrolysis) is 1. The van der Waals surface area contributed by atoms with Crippen molar-refractivity contribution in [3.8, 4) is 0 Å². The van der Waals surface area contributed by atoms with Gasteiger partial charge in [-0.2, -0.15) is 13.2 Å². The Morgan fingerprint density at radius 2 is 1.83 bits per heavy atom. The Bertz CT molecular complexity index is 1800. The number of ether oxygens (including phenoxy) is 2. The molecule has 3 N–H and O–H groups in total. The van der Waals surface area contributed by atoms with Crippen molar-refractivity contribution in [3.05, 3.63) is 47.5 Å². The van der Waals surface area contributed by atoms with Crippen molar-refractivity contribution in [1.82, 2.24) is 25.2 Å². The maximum absolute atomic E-state index is 14.0. The fraction of sp³-hybridized carbons (Fsp3) is 0.629. The summed E-state index contributed by atoms with van der Waals surface area (Å²) in [7, 11) is -4.02. The van der Waals surface area contributed by atoms with Gasteiger partial charge in [0.15, 0.2) is 0 Å². The van der Waals surface area contributed by atoms with Crippen LogP contribution in [0.1, 0.15) is 81.9 Å². The van der Waals surface area contributed by atoms with Gasteiger partial charge in [0.2, 0.25) is 21.8 Å². The van der Waals surface area contributed by atoms with Crippen molar-refractivity contribution in [2.75, 3.05) is 6.54 Å². The number of carbonyl (C=O) groups is 5. The average Bonchev–Trinajstić information content (AvgIpc) is 3.95. The van der Waals surface area contributed by atoms with Crippen molar-refractivity contribution in [1.29, 1.82) is 0 Å². The lowest BCUT2D eigenvalue weighted by Crippen LogP contribution is -2.58.